The number of hydrogen-bond acceptors (Lipinski definition) is 7. The van der Waals surface area contributed by atoms with Gasteiger partial charge in [-0.2, -0.15) is 0 Å². The van der Waals surface area contributed by atoms with Crippen molar-refractivity contribution in [3.05, 3.63) is 28.3 Å². The van der Waals surface area contributed by atoms with Gasteiger partial charge in [0.25, 0.3) is 5.69 Å². The second-order valence-corrected chi connectivity index (χ2v) is 7.06. The highest BCUT2D eigenvalue weighted by Crippen LogP contribution is 2.28. The van der Waals surface area contributed by atoms with Crippen LogP contribution in [-0.2, 0) is 19.6 Å². The fourth-order valence-electron chi connectivity index (χ4n) is 1.74. The minimum absolute atomic E-state index is 0.162. The van der Waals surface area contributed by atoms with Gasteiger partial charge >= 0.3 is 5.97 Å². The van der Waals surface area contributed by atoms with Crippen LogP contribution in [0.15, 0.2) is 23.1 Å². The van der Waals surface area contributed by atoms with Gasteiger partial charge in [0.05, 0.1) is 30.1 Å². The maximum absolute atomic E-state index is 12.3. The molecule has 9 nitrogen and oxygen atoms in total. The van der Waals surface area contributed by atoms with Crippen LogP contribution < -0.4 is 9.46 Å². The molecule has 1 rings (SSSR count). The molecular weight excluding hydrogens is 340 g/mol. The lowest BCUT2D eigenvalue weighted by atomic mass is 10.2. The Labute approximate surface area is 140 Å². The molecule has 1 atom stereocenters. The van der Waals surface area contributed by atoms with E-state index in [1.807, 2.05) is 0 Å². The highest BCUT2D eigenvalue weighted by atomic mass is 32.2. The molecule has 0 amide bonds. The summed E-state index contributed by atoms with van der Waals surface area (Å²) in [5.41, 5.74) is -0.612. The zero-order chi connectivity index (χ0) is 18.5. The van der Waals surface area contributed by atoms with Crippen molar-refractivity contribution in [2.24, 2.45) is 5.92 Å². The summed E-state index contributed by atoms with van der Waals surface area (Å²) in [6.07, 6.45) is -0.320. The van der Waals surface area contributed by atoms with Crippen LogP contribution in [0.1, 0.15) is 20.8 Å². The van der Waals surface area contributed by atoms with E-state index in [4.69, 9.17) is 9.47 Å². The standard InChI is InChI=1S/C14H20N2O7S/c1-9(2)23-14(17)10(3)8-15-24(20,21)13-6-5-11(22-4)7-12(13)16(18)19/h5-7,9-10,15H,8H2,1-4H3/t10-/m0/s1. The molecule has 0 bridgehead atoms. The summed E-state index contributed by atoms with van der Waals surface area (Å²) in [6, 6.07) is 3.40. The summed E-state index contributed by atoms with van der Waals surface area (Å²) in [5.74, 6) is -1.13. The molecular formula is C14H20N2O7S. The van der Waals surface area contributed by atoms with E-state index in [0.717, 1.165) is 12.1 Å². The smallest absolute Gasteiger partial charge is 0.310 e. The van der Waals surface area contributed by atoms with Crippen LogP contribution in [0.3, 0.4) is 0 Å². The van der Waals surface area contributed by atoms with Crippen molar-refractivity contribution in [2.75, 3.05) is 13.7 Å². The van der Waals surface area contributed by atoms with Crippen LogP contribution in [-0.4, -0.2) is 39.1 Å². The summed E-state index contributed by atoms with van der Waals surface area (Å²) < 4.78 is 36.6. The van der Waals surface area contributed by atoms with Gasteiger partial charge < -0.3 is 9.47 Å². The first-order valence-electron chi connectivity index (χ1n) is 7.11. The number of carbonyl (C=O) groups is 1. The Hall–Kier alpha value is -2.20. The number of esters is 1. The molecule has 0 saturated heterocycles. The molecule has 0 aromatic heterocycles. The number of methoxy groups -OCH3 is 1. The van der Waals surface area contributed by atoms with E-state index in [9.17, 15) is 23.3 Å². The number of nitro groups is 1. The number of ether oxygens (including phenoxy) is 2. The maximum Gasteiger partial charge on any atom is 0.310 e. The van der Waals surface area contributed by atoms with Gasteiger partial charge in [0.1, 0.15) is 5.75 Å². The topological polar surface area (TPSA) is 125 Å². The molecule has 0 saturated carbocycles. The molecule has 1 aromatic carbocycles. The van der Waals surface area contributed by atoms with E-state index >= 15 is 0 Å². The molecule has 1 N–H and O–H groups in total. The first-order valence-corrected chi connectivity index (χ1v) is 8.59. The number of benzene rings is 1. The second kappa shape index (κ2) is 8.06. The fraction of sp³-hybridized carbons (Fsp3) is 0.500. The highest BCUT2D eigenvalue weighted by Gasteiger charge is 2.28. The monoisotopic (exact) mass is 360 g/mol. The van der Waals surface area contributed by atoms with Gasteiger partial charge in [0, 0.05) is 6.54 Å². The highest BCUT2D eigenvalue weighted by molar-refractivity contribution is 7.89. The molecule has 0 aliphatic rings. The third-order valence-electron chi connectivity index (χ3n) is 2.99. The number of sulfonamides is 1. The Morgan fingerprint density at radius 3 is 2.46 bits per heavy atom. The zero-order valence-electron chi connectivity index (χ0n) is 13.8. The van der Waals surface area contributed by atoms with Crippen molar-refractivity contribution in [3.63, 3.8) is 0 Å². The molecule has 0 spiro atoms. The number of nitrogens with one attached hydrogen (secondary N) is 1. The van der Waals surface area contributed by atoms with Crippen LogP contribution in [0.2, 0.25) is 0 Å². The van der Waals surface area contributed by atoms with Crippen LogP contribution in [0.5, 0.6) is 5.75 Å². The van der Waals surface area contributed by atoms with Gasteiger partial charge in [-0.05, 0) is 26.0 Å². The Kier molecular flexibility index (Phi) is 6.67. The Bertz CT molecular complexity index is 716. The van der Waals surface area contributed by atoms with Crippen LogP contribution in [0.4, 0.5) is 5.69 Å². The predicted molar refractivity (Wildman–Crippen MR) is 85.2 cm³/mol. The van der Waals surface area contributed by atoms with Crippen molar-refractivity contribution < 1.29 is 27.6 Å². The summed E-state index contributed by atoms with van der Waals surface area (Å²) in [4.78, 5) is 21.5. The minimum atomic E-state index is -4.17. The molecule has 0 heterocycles. The molecule has 0 aliphatic heterocycles. The average molecular weight is 360 g/mol. The Morgan fingerprint density at radius 1 is 1.33 bits per heavy atom. The van der Waals surface area contributed by atoms with Crippen molar-refractivity contribution in [2.45, 2.75) is 31.8 Å². The lowest BCUT2D eigenvalue weighted by molar-refractivity contribution is -0.387. The van der Waals surface area contributed by atoms with Crippen molar-refractivity contribution in [1.29, 1.82) is 0 Å². The SMILES string of the molecule is COc1ccc(S(=O)(=O)NC[C@H](C)C(=O)OC(C)C)c([N+](=O)[O-])c1. The molecule has 10 heteroatoms. The van der Waals surface area contributed by atoms with E-state index in [1.54, 1.807) is 13.8 Å². The first-order chi connectivity index (χ1) is 11.1. The fourth-order valence-corrected chi connectivity index (χ4v) is 3.02. The first kappa shape index (κ1) is 19.8. The number of rotatable bonds is 8. The molecule has 1 aromatic rings. The molecule has 134 valence electrons. The third-order valence-corrected chi connectivity index (χ3v) is 4.46. The van der Waals surface area contributed by atoms with Gasteiger partial charge in [-0.3, -0.25) is 14.9 Å². The lowest BCUT2D eigenvalue weighted by Gasteiger charge is -2.14. The number of hydrogen-bond donors (Lipinski definition) is 1. The van der Waals surface area contributed by atoms with Gasteiger partial charge in [-0.15, -0.1) is 0 Å². The van der Waals surface area contributed by atoms with Crippen molar-refractivity contribution in [1.82, 2.24) is 4.72 Å². The third kappa shape index (κ3) is 5.17. The Morgan fingerprint density at radius 2 is 1.96 bits per heavy atom. The van der Waals surface area contributed by atoms with Crippen LogP contribution >= 0.6 is 0 Å². The normalized spacial score (nSPS) is 12.7. The second-order valence-electron chi connectivity index (χ2n) is 5.33. The molecule has 0 unspecified atom stereocenters. The Balaban J connectivity index is 2.97. The lowest BCUT2D eigenvalue weighted by Crippen LogP contribution is -2.33. The molecule has 0 fully saturated rings. The van der Waals surface area contributed by atoms with E-state index in [-0.39, 0.29) is 18.4 Å². The molecule has 0 radical (unpaired) electrons. The van der Waals surface area contributed by atoms with Crippen LogP contribution in [0, 0.1) is 16.0 Å². The summed E-state index contributed by atoms with van der Waals surface area (Å²) >= 11 is 0. The quantitative estimate of drug-likeness (QED) is 0.423. The van der Waals surface area contributed by atoms with E-state index in [1.165, 1.54) is 20.1 Å². The van der Waals surface area contributed by atoms with Crippen molar-refractivity contribution >= 4 is 21.7 Å². The van der Waals surface area contributed by atoms with E-state index in [2.05, 4.69) is 4.72 Å². The van der Waals surface area contributed by atoms with Gasteiger partial charge in [-0.1, -0.05) is 6.92 Å². The largest absolute Gasteiger partial charge is 0.497 e. The minimum Gasteiger partial charge on any atom is -0.497 e. The number of nitrogens with zero attached hydrogens (tertiary/aromatic N) is 1. The molecule has 24 heavy (non-hydrogen) atoms. The average Bonchev–Trinajstić information content (AvgIpc) is 2.51. The van der Waals surface area contributed by atoms with Crippen LogP contribution in [0.25, 0.3) is 0 Å². The maximum atomic E-state index is 12.3. The summed E-state index contributed by atoms with van der Waals surface area (Å²) in [7, 11) is -2.86. The van der Waals surface area contributed by atoms with E-state index < -0.39 is 37.4 Å². The van der Waals surface area contributed by atoms with Gasteiger partial charge in [0.15, 0.2) is 4.90 Å². The zero-order valence-corrected chi connectivity index (χ0v) is 14.6. The van der Waals surface area contributed by atoms with Gasteiger partial charge in [-0.25, -0.2) is 13.1 Å². The van der Waals surface area contributed by atoms with E-state index in [0.29, 0.717) is 0 Å². The number of carbonyl (C=O) groups excluding carboxylic acids is 1. The summed E-state index contributed by atoms with van der Waals surface area (Å²) in [6.45, 7) is 4.61. The predicted octanol–water partition coefficient (Wildman–Crippen LogP) is 1.47. The molecule has 0 aliphatic carbocycles. The number of nitro benzene ring substituents is 1. The van der Waals surface area contributed by atoms with Gasteiger partial charge in [0.2, 0.25) is 10.0 Å². The van der Waals surface area contributed by atoms with Crippen molar-refractivity contribution in [3.8, 4) is 5.75 Å². The summed E-state index contributed by atoms with van der Waals surface area (Å²) in [5, 5.41) is 11.1.